The van der Waals surface area contributed by atoms with Crippen LogP contribution in [0.5, 0.6) is 5.75 Å². The lowest BCUT2D eigenvalue weighted by atomic mass is 10.1. The minimum atomic E-state index is 0.712. The molecule has 1 aliphatic rings. The van der Waals surface area contributed by atoms with E-state index in [1.54, 1.807) is 7.11 Å². The normalized spacial score (nSPS) is 14.5. The first-order valence-corrected chi connectivity index (χ1v) is 9.44. The van der Waals surface area contributed by atoms with Crippen molar-refractivity contribution in [3.8, 4) is 17.0 Å². The molecule has 1 aromatic heterocycles. The first-order valence-electron chi connectivity index (χ1n) is 9.44. The number of aromatic nitrogens is 2. The van der Waals surface area contributed by atoms with E-state index in [-0.39, 0.29) is 0 Å². The summed E-state index contributed by atoms with van der Waals surface area (Å²) in [5, 5.41) is 11.5. The lowest BCUT2D eigenvalue weighted by Gasteiger charge is -2.23. The van der Waals surface area contributed by atoms with Crippen LogP contribution in [0.4, 0.5) is 0 Å². The molecule has 0 atom stereocenters. The number of hydrogen-bond donors (Lipinski definition) is 0. The van der Waals surface area contributed by atoms with Gasteiger partial charge in [0.05, 0.1) is 46.2 Å². The van der Waals surface area contributed by atoms with E-state index in [4.69, 9.17) is 14.6 Å². The summed E-state index contributed by atoms with van der Waals surface area (Å²) in [5.41, 5.74) is 4.09. The summed E-state index contributed by atoms with van der Waals surface area (Å²) in [6, 6.07) is 18.3. The Balaban J connectivity index is 1.66. The average molecular weight is 376 g/mol. The number of hydrazone groups is 1. The Hall–Kier alpha value is -3.12. The Bertz CT molecular complexity index is 931. The molecule has 1 saturated heterocycles. The molecule has 144 valence electrons. The van der Waals surface area contributed by atoms with Crippen LogP contribution in [0.2, 0.25) is 0 Å². The molecular weight excluding hydrogens is 352 g/mol. The molecule has 0 bridgehead atoms. The third-order valence-corrected chi connectivity index (χ3v) is 4.67. The van der Waals surface area contributed by atoms with Gasteiger partial charge in [-0.15, -0.1) is 0 Å². The van der Waals surface area contributed by atoms with Crippen molar-refractivity contribution in [2.75, 3.05) is 33.4 Å². The van der Waals surface area contributed by atoms with Crippen molar-refractivity contribution >= 4 is 6.21 Å². The molecular formula is C22H24N4O2. The molecule has 4 rings (SSSR count). The van der Waals surface area contributed by atoms with Gasteiger partial charge in [-0.2, -0.15) is 10.2 Å². The number of morpholine rings is 1. The van der Waals surface area contributed by atoms with E-state index in [0.717, 1.165) is 35.7 Å². The Labute approximate surface area is 165 Å². The predicted molar refractivity (Wildman–Crippen MR) is 110 cm³/mol. The summed E-state index contributed by atoms with van der Waals surface area (Å²) in [5.74, 6) is 0.811. The van der Waals surface area contributed by atoms with Crippen molar-refractivity contribution in [1.82, 2.24) is 14.8 Å². The lowest BCUT2D eigenvalue weighted by Crippen LogP contribution is -2.32. The average Bonchev–Trinajstić information content (AvgIpc) is 3.16. The predicted octanol–water partition coefficient (Wildman–Crippen LogP) is 3.27. The summed E-state index contributed by atoms with van der Waals surface area (Å²) < 4.78 is 12.7. The van der Waals surface area contributed by atoms with E-state index in [1.165, 1.54) is 5.56 Å². The number of benzene rings is 2. The van der Waals surface area contributed by atoms with Crippen LogP contribution in [-0.4, -0.2) is 54.4 Å². The van der Waals surface area contributed by atoms with Crippen LogP contribution < -0.4 is 4.74 Å². The van der Waals surface area contributed by atoms with Gasteiger partial charge in [-0.1, -0.05) is 42.5 Å². The zero-order valence-corrected chi connectivity index (χ0v) is 16.0. The van der Waals surface area contributed by atoms with Crippen LogP contribution in [0.25, 0.3) is 11.3 Å². The van der Waals surface area contributed by atoms with Crippen LogP contribution in [0.3, 0.4) is 0 Å². The number of nitrogens with zero attached hydrogens (tertiary/aromatic N) is 4. The molecule has 0 spiro atoms. The van der Waals surface area contributed by atoms with Crippen molar-refractivity contribution in [1.29, 1.82) is 0 Å². The second-order valence-corrected chi connectivity index (χ2v) is 6.66. The number of rotatable bonds is 6. The standard InChI is InChI=1S/C22H24N4O2/c1-27-21-9-5-8-19(14-21)22-20(15-23-25-10-12-28-13-11-25)17-26(24-22)16-18-6-3-2-4-7-18/h2-9,14-15,17H,10-13,16H2,1H3/b23-15-. The van der Waals surface area contributed by atoms with Gasteiger partial charge in [0.15, 0.2) is 0 Å². The Morgan fingerprint density at radius 3 is 2.71 bits per heavy atom. The van der Waals surface area contributed by atoms with Gasteiger partial charge in [-0.05, 0) is 17.7 Å². The van der Waals surface area contributed by atoms with Crippen molar-refractivity contribution in [3.63, 3.8) is 0 Å². The highest BCUT2D eigenvalue weighted by atomic mass is 16.5. The first-order chi connectivity index (χ1) is 13.8. The van der Waals surface area contributed by atoms with Gasteiger partial charge in [-0.3, -0.25) is 9.69 Å². The topological polar surface area (TPSA) is 51.9 Å². The van der Waals surface area contributed by atoms with Gasteiger partial charge in [0, 0.05) is 17.3 Å². The Morgan fingerprint density at radius 1 is 1.11 bits per heavy atom. The molecule has 2 heterocycles. The van der Waals surface area contributed by atoms with Crippen molar-refractivity contribution in [2.45, 2.75) is 6.54 Å². The molecule has 2 aromatic carbocycles. The molecule has 0 amide bonds. The van der Waals surface area contributed by atoms with E-state index in [1.807, 2.05) is 64.6 Å². The van der Waals surface area contributed by atoms with E-state index in [9.17, 15) is 0 Å². The number of hydrogen-bond acceptors (Lipinski definition) is 5. The first kappa shape index (κ1) is 18.3. The molecule has 3 aromatic rings. The molecule has 6 nitrogen and oxygen atoms in total. The fraction of sp³-hybridized carbons (Fsp3) is 0.273. The SMILES string of the molecule is COc1cccc(-c2nn(Cc3ccccc3)cc2/C=N\N2CCOCC2)c1. The maximum atomic E-state index is 5.39. The van der Waals surface area contributed by atoms with Crippen LogP contribution in [0.15, 0.2) is 65.9 Å². The zero-order valence-electron chi connectivity index (χ0n) is 16.0. The fourth-order valence-electron chi connectivity index (χ4n) is 3.19. The quantitative estimate of drug-likeness (QED) is 0.620. The zero-order chi connectivity index (χ0) is 19.2. The molecule has 0 aliphatic carbocycles. The molecule has 1 fully saturated rings. The fourth-order valence-corrected chi connectivity index (χ4v) is 3.19. The Kier molecular flexibility index (Phi) is 5.68. The molecule has 0 N–H and O–H groups in total. The minimum absolute atomic E-state index is 0.712. The van der Waals surface area contributed by atoms with Crippen molar-refractivity contribution < 1.29 is 9.47 Å². The maximum Gasteiger partial charge on any atom is 0.119 e. The summed E-state index contributed by atoms with van der Waals surface area (Å²) in [6.45, 7) is 3.76. The highest BCUT2D eigenvalue weighted by Gasteiger charge is 2.13. The lowest BCUT2D eigenvalue weighted by molar-refractivity contribution is 0.0397. The van der Waals surface area contributed by atoms with Gasteiger partial charge < -0.3 is 9.47 Å². The summed E-state index contributed by atoms with van der Waals surface area (Å²) >= 11 is 0. The van der Waals surface area contributed by atoms with Crippen LogP contribution in [0, 0.1) is 0 Å². The van der Waals surface area contributed by atoms with E-state index >= 15 is 0 Å². The van der Waals surface area contributed by atoms with Gasteiger partial charge >= 0.3 is 0 Å². The maximum absolute atomic E-state index is 5.39. The summed E-state index contributed by atoms with van der Waals surface area (Å²) in [4.78, 5) is 0. The van der Waals surface area contributed by atoms with Gasteiger partial charge in [0.2, 0.25) is 0 Å². The number of methoxy groups -OCH3 is 1. The highest BCUT2D eigenvalue weighted by molar-refractivity contribution is 5.88. The van der Waals surface area contributed by atoms with Crippen molar-refractivity contribution in [3.05, 3.63) is 71.9 Å². The second kappa shape index (κ2) is 8.71. The van der Waals surface area contributed by atoms with Gasteiger partial charge in [0.1, 0.15) is 11.4 Å². The molecule has 0 radical (unpaired) electrons. The van der Waals surface area contributed by atoms with E-state index in [2.05, 4.69) is 17.2 Å². The monoisotopic (exact) mass is 376 g/mol. The van der Waals surface area contributed by atoms with Crippen LogP contribution in [-0.2, 0) is 11.3 Å². The summed E-state index contributed by atoms with van der Waals surface area (Å²) in [7, 11) is 1.67. The molecule has 1 aliphatic heterocycles. The van der Waals surface area contributed by atoms with E-state index < -0.39 is 0 Å². The van der Waals surface area contributed by atoms with Crippen LogP contribution >= 0.6 is 0 Å². The smallest absolute Gasteiger partial charge is 0.119 e. The summed E-state index contributed by atoms with van der Waals surface area (Å²) in [6.07, 6.45) is 3.94. The minimum Gasteiger partial charge on any atom is -0.497 e. The molecule has 28 heavy (non-hydrogen) atoms. The van der Waals surface area contributed by atoms with Gasteiger partial charge in [0.25, 0.3) is 0 Å². The van der Waals surface area contributed by atoms with Gasteiger partial charge in [-0.25, -0.2) is 0 Å². The third kappa shape index (κ3) is 4.40. The molecule has 0 unspecified atom stereocenters. The second-order valence-electron chi connectivity index (χ2n) is 6.66. The Morgan fingerprint density at radius 2 is 1.93 bits per heavy atom. The third-order valence-electron chi connectivity index (χ3n) is 4.67. The van der Waals surface area contributed by atoms with Crippen LogP contribution in [0.1, 0.15) is 11.1 Å². The molecule has 0 saturated carbocycles. The number of ether oxygens (including phenoxy) is 2. The largest absolute Gasteiger partial charge is 0.497 e. The molecule has 6 heteroatoms. The van der Waals surface area contributed by atoms with E-state index in [0.29, 0.717) is 19.8 Å². The highest BCUT2D eigenvalue weighted by Crippen LogP contribution is 2.25. The van der Waals surface area contributed by atoms with Crippen molar-refractivity contribution in [2.24, 2.45) is 5.10 Å².